The average Bonchev–Trinajstić information content (AvgIpc) is 2.33. The van der Waals surface area contributed by atoms with Crippen LogP contribution in [0.3, 0.4) is 0 Å². The lowest BCUT2D eigenvalue weighted by Crippen LogP contribution is -2.38. The van der Waals surface area contributed by atoms with Crippen LogP contribution in [0.15, 0.2) is 12.4 Å². The van der Waals surface area contributed by atoms with E-state index >= 15 is 0 Å². The van der Waals surface area contributed by atoms with Crippen molar-refractivity contribution >= 4 is 11.6 Å². The maximum Gasteiger partial charge on any atom is 0.149 e. The monoisotopic (exact) mass is 220 g/mol. The zero-order valence-electron chi connectivity index (χ0n) is 10.3. The first-order valence-corrected chi connectivity index (χ1v) is 5.95. The van der Waals surface area contributed by atoms with E-state index in [-0.39, 0.29) is 0 Å². The minimum Gasteiger partial charge on any atom is -0.372 e. The van der Waals surface area contributed by atoms with Crippen LogP contribution in [0.5, 0.6) is 0 Å². The second kappa shape index (κ2) is 4.68. The molecule has 1 aliphatic rings. The van der Waals surface area contributed by atoms with Gasteiger partial charge in [0.05, 0.1) is 12.4 Å². The maximum absolute atomic E-state index is 4.53. The number of anilines is 2. The van der Waals surface area contributed by atoms with E-state index in [0.717, 1.165) is 36.6 Å². The third kappa shape index (κ3) is 2.26. The molecule has 0 amide bonds. The van der Waals surface area contributed by atoms with Gasteiger partial charge in [-0.25, -0.2) is 4.98 Å². The summed E-state index contributed by atoms with van der Waals surface area (Å²) in [5.74, 6) is 3.37. The molecule has 0 bridgehead atoms. The molecule has 2 heterocycles. The molecule has 2 unspecified atom stereocenters. The maximum atomic E-state index is 4.53. The molecule has 0 spiro atoms. The van der Waals surface area contributed by atoms with Crippen molar-refractivity contribution in [3.05, 3.63) is 12.4 Å². The molecular weight excluding hydrogens is 200 g/mol. The fourth-order valence-electron chi connectivity index (χ4n) is 2.10. The summed E-state index contributed by atoms with van der Waals surface area (Å²) in [6, 6.07) is 0. The van der Waals surface area contributed by atoms with Crippen LogP contribution in [0.2, 0.25) is 0 Å². The molecule has 1 aromatic heterocycles. The fourth-order valence-corrected chi connectivity index (χ4v) is 2.10. The Hall–Kier alpha value is -1.32. The predicted octanol–water partition coefficient (Wildman–Crippen LogP) is 2.00. The van der Waals surface area contributed by atoms with Gasteiger partial charge in [-0.3, -0.25) is 4.98 Å². The van der Waals surface area contributed by atoms with Crippen molar-refractivity contribution in [2.24, 2.45) is 11.8 Å². The van der Waals surface area contributed by atoms with Crippen molar-refractivity contribution < 1.29 is 0 Å². The normalized spacial score (nSPS) is 25.6. The lowest BCUT2D eigenvalue weighted by Gasteiger charge is -2.35. The average molecular weight is 220 g/mol. The quantitative estimate of drug-likeness (QED) is 0.827. The van der Waals surface area contributed by atoms with E-state index in [1.54, 1.807) is 6.20 Å². The molecule has 0 aliphatic carbocycles. The minimum atomic E-state index is 0.730. The first-order valence-electron chi connectivity index (χ1n) is 5.95. The zero-order chi connectivity index (χ0) is 11.5. The summed E-state index contributed by atoms with van der Waals surface area (Å²) < 4.78 is 0. The van der Waals surface area contributed by atoms with Crippen molar-refractivity contribution in [2.45, 2.75) is 20.3 Å². The SMILES string of the molecule is CNc1cncc(N2CCC(C)C(C)C2)n1. The third-order valence-electron chi connectivity index (χ3n) is 3.54. The van der Waals surface area contributed by atoms with Gasteiger partial charge in [0.1, 0.15) is 11.6 Å². The van der Waals surface area contributed by atoms with Crippen LogP contribution in [0.25, 0.3) is 0 Å². The summed E-state index contributed by atoms with van der Waals surface area (Å²) in [5, 5.41) is 3.03. The van der Waals surface area contributed by atoms with Crippen molar-refractivity contribution in [3.63, 3.8) is 0 Å². The molecule has 1 saturated heterocycles. The van der Waals surface area contributed by atoms with Gasteiger partial charge in [0.2, 0.25) is 0 Å². The first-order chi connectivity index (χ1) is 7.70. The largest absolute Gasteiger partial charge is 0.372 e. The number of nitrogens with zero attached hydrogens (tertiary/aromatic N) is 3. The topological polar surface area (TPSA) is 41.1 Å². The number of piperidine rings is 1. The first kappa shape index (κ1) is 11.2. The van der Waals surface area contributed by atoms with E-state index in [4.69, 9.17) is 0 Å². The summed E-state index contributed by atoms with van der Waals surface area (Å²) in [7, 11) is 1.87. The number of rotatable bonds is 2. The van der Waals surface area contributed by atoms with Crippen LogP contribution in [-0.2, 0) is 0 Å². The summed E-state index contributed by atoms with van der Waals surface area (Å²) in [6.45, 7) is 6.82. The van der Waals surface area contributed by atoms with Gasteiger partial charge in [0, 0.05) is 20.1 Å². The molecule has 16 heavy (non-hydrogen) atoms. The molecule has 2 atom stereocenters. The summed E-state index contributed by atoms with van der Waals surface area (Å²) in [6.07, 6.45) is 4.84. The van der Waals surface area contributed by atoms with Crippen molar-refractivity contribution in [1.82, 2.24) is 9.97 Å². The van der Waals surface area contributed by atoms with Crippen LogP contribution in [0, 0.1) is 11.8 Å². The van der Waals surface area contributed by atoms with Gasteiger partial charge >= 0.3 is 0 Å². The van der Waals surface area contributed by atoms with Gasteiger partial charge in [-0.05, 0) is 18.3 Å². The molecule has 1 aromatic rings. The molecule has 4 heteroatoms. The second-order valence-electron chi connectivity index (χ2n) is 4.70. The molecule has 0 radical (unpaired) electrons. The van der Waals surface area contributed by atoms with Crippen molar-refractivity contribution in [3.8, 4) is 0 Å². The Morgan fingerprint density at radius 2 is 2.12 bits per heavy atom. The summed E-state index contributed by atoms with van der Waals surface area (Å²) in [5.41, 5.74) is 0. The van der Waals surface area contributed by atoms with E-state index in [1.807, 2.05) is 13.2 Å². The molecule has 1 fully saturated rings. The highest BCUT2D eigenvalue weighted by atomic mass is 15.2. The Balaban J connectivity index is 2.12. The van der Waals surface area contributed by atoms with Crippen LogP contribution in [-0.4, -0.2) is 30.1 Å². The van der Waals surface area contributed by atoms with Crippen molar-refractivity contribution in [1.29, 1.82) is 0 Å². The zero-order valence-corrected chi connectivity index (χ0v) is 10.3. The van der Waals surface area contributed by atoms with Gasteiger partial charge < -0.3 is 10.2 Å². The van der Waals surface area contributed by atoms with Gasteiger partial charge in [0.15, 0.2) is 0 Å². The Kier molecular flexibility index (Phi) is 3.27. The molecular formula is C12H20N4. The standard InChI is InChI=1S/C12H20N4/c1-9-4-5-16(8-10(9)2)12-7-14-6-11(13-3)15-12/h6-7,9-10H,4-5,8H2,1-3H3,(H,13,15). The van der Waals surface area contributed by atoms with E-state index in [1.165, 1.54) is 6.42 Å². The highest BCUT2D eigenvalue weighted by Gasteiger charge is 2.23. The van der Waals surface area contributed by atoms with Crippen LogP contribution >= 0.6 is 0 Å². The minimum absolute atomic E-state index is 0.730. The highest BCUT2D eigenvalue weighted by molar-refractivity contribution is 5.43. The molecule has 1 N–H and O–H groups in total. The lowest BCUT2D eigenvalue weighted by molar-refractivity contribution is 0.322. The highest BCUT2D eigenvalue weighted by Crippen LogP contribution is 2.25. The molecule has 0 saturated carbocycles. The summed E-state index contributed by atoms with van der Waals surface area (Å²) >= 11 is 0. The fraction of sp³-hybridized carbons (Fsp3) is 0.667. The number of hydrogen-bond acceptors (Lipinski definition) is 4. The molecule has 0 aromatic carbocycles. The lowest BCUT2D eigenvalue weighted by atomic mass is 9.89. The second-order valence-corrected chi connectivity index (χ2v) is 4.70. The van der Waals surface area contributed by atoms with E-state index in [2.05, 4.69) is 34.0 Å². The van der Waals surface area contributed by atoms with Gasteiger partial charge in [-0.2, -0.15) is 0 Å². The Bertz CT molecular complexity index is 353. The molecule has 88 valence electrons. The van der Waals surface area contributed by atoms with E-state index in [9.17, 15) is 0 Å². The van der Waals surface area contributed by atoms with Crippen LogP contribution < -0.4 is 10.2 Å². The van der Waals surface area contributed by atoms with E-state index in [0.29, 0.717) is 0 Å². The number of aromatic nitrogens is 2. The predicted molar refractivity (Wildman–Crippen MR) is 66.7 cm³/mol. The van der Waals surface area contributed by atoms with Crippen LogP contribution in [0.1, 0.15) is 20.3 Å². The Morgan fingerprint density at radius 3 is 2.81 bits per heavy atom. The molecule has 2 rings (SSSR count). The number of hydrogen-bond donors (Lipinski definition) is 1. The Labute approximate surface area is 97.1 Å². The summed E-state index contributed by atoms with van der Waals surface area (Å²) in [4.78, 5) is 11.1. The molecule has 4 nitrogen and oxygen atoms in total. The van der Waals surface area contributed by atoms with E-state index < -0.39 is 0 Å². The number of nitrogens with one attached hydrogen (secondary N) is 1. The van der Waals surface area contributed by atoms with Gasteiger partial charge in [-0.15, -0.1) is 0 Å². The van der Waals surface area contributed by atoms with Crippen molar-refractivity contribution in [2.75, 3.05) is 30.4 Å². The third-order valence-corrected chi connectivity index (χ3v) is 3.54. The van der Waals surface area contributed by atoms with Gasteiger partial charge in [-0.1, -0.05) is 13.8 Å². The van der Waals surface area contributed by atoms with Gasteiger partial charge in [0.25, 0.3) is 0 Å². The smallest absolute Gasteiger partial charge is 0.149 e. The Morgan fingerprint density at radius 1 is 1.31 bits per heavy atom. The van der Waals surface area contributed by atoms with Crippen LogP contribution in [0.4, 0.5) is 11.6 Å². The molecule has 1 aliphatic heterocycles.